The molecule has 5 aromatic rings. The van der Waals surface area contributed by atoms with Crippen LogP contribution in [0.1, 0.15) is 24.7 Å². The summed E-state index contributed by atoms with van der Waals surface area (Å²) >= 11 is 0. The summed E-state index contributed by atoms with van der Waals surface area (Å²) in [6, 6.07) is 11.5. The van der Waals surface area contributed by atoms with Gasteiger partial charge in [0, 0.05) is 35.3 Å². The molecule has 10 heteroatoms. The molecule has 0 unspecified atom stereocenters. The van der Waals surface area contributed by atoms with Crippen molar-refractivity contribution in [2.45, 2.75) is 19.8 Å². The maximum Gasteiger partial charge on any atom is 0.173 e. The lowest BCUT2D eigenvalue weighted by Crippen LogP contribution is -2.14. The number of imidazole rings is 1. The molecule has 3 aromatic heterocycles. The number of aliphatic imine (C=N–C) groups is 1. The van der Waals surface area contributed by atoms with Gasteiger partial charge in [0.1, 0.15) is 34.8 Å². The highest BCUT2D eigenvalue weighted by Gasteiger charge is 2.21. The largest absolute Gasteiger partial charge is 0.383 e. The van der Waals surface area contributed by atoms with Gasteiger partial charge in [0.25, 0.3) is 0 Å². The lowest BCUT2D eigenvalue weighted by molar-refractivity contribution is 0.631. The predicted octanol–water partition coefficient (Wildman–Crippen LogP) is 4.76. The number of halogens is 2. The average molecular weight is 485 g/mol. The van der Waals surface area contributed by atoms with Crippen LogP contribution in [0.5, 0.6) is 0 Å². The van der Waals surface area contributed by atoms with Crippen molar-refractivity contribution in [1.29, 1.82) is 5.41 Å². The molecular weight excluding hydrogens is 462 g/mol. The summed E-state index contributed by atoms with van der Waals surface area (Å²) in [6.45, 7) is 2.03. The zero-order chi connectivity index (χ0) is 25.4. The molecule has 0 bridgehead atoms. The van der Waals surface area contributed by atoms with Crippen LogP contribution in [0.15, 0.2) is 59.9 Å². The van der Waals surface area contributed by atoms with Gasteiger partial charge in [-0.3, -0.25) is 15.0 Å². The van der Waals surface area contributed by atoms with Crippen LogP contribution in [0.4, 0.5) is 14.6 Å². The van der Waals surface area contributed by atoms with E-state index in [0.29, 0.717) is 45.5 Å². The van der Waals surface area contributed by atoms with Crippen LogP contribution in [0, 0.1) is 17.0 Å². The molecule has 8 nitrogen and oxygen atoms in total. The lowest BCUT2D eigenvalue weighted by Gasteiger charge is -2.14. The Hall–Kier alpha value is -4.73. The molecule has 0 spiro atoms. The normalized spacial score (nSPS) is 11.9. The molecule has 0 saturated carbocycles. The zero-order valence-corrected chi connectivity index (χ0v) is 19.3. The molecule has 0 atom stereocenters. The highest BCUT2D eigenvalue weighted by molar-refractivity contribution is 6.11. The smallest absolute Gasteiger partial charge is 0.173 e. The summed E-state index contributed by atoms with van der Waals surface area (Å²) in [4.78, 5) is 16.8. The Morgan fingerprint density at radius 2 is 1.92 bits per heavy atom. The first-order valence-corrected chi connectivity index (χ1v) is 11.3. The van der Waals surface area contributed by atoms with Crippen molar-refractivity contribution >= 4 is 39.9 Å². The summed E-state index contributed by atoms with van der Waals surface area (Å²) < 4.78 is 31.5. The highest BCUT2D eigenvalue weighted by atomic mass is 19.1. The van der Waals surface area contributed by atoms with Crippen LogP contribution >= 0.6 is 0 Å². The van der Waals surface area contributed by atoms with Gasteiger partial charge in [0.15, 0.2) is 11.6 Å². The van der Waals surface area contributed by atoms with Gasteiger partial charge in [-0.25, -0.2) is 23.7 Å². The van der Waals surface area contributed by atoms with E-state index < -0.39 is 11.6 Å². The summed E-state index contributed by atoms with van der Waals surface area (Å²) in [6.07, 6.45) is 5.21. The number of pyridine rings is 2. The minimum Gasteiger partial charge on any atom is -0.383 e. The maximum absolute atomic E-state index is 15.0. The first kappa shape index (κ1) is 23.0. The summed E-state index contributed by atoms with van der Waals surface area (Å²) in [5.41, 5.74) is 15.1. The minimum atomic E-state index is -0.665. The van der Waals surface area contributed by atoms with E-state index >= 15 is 4.39 Å². The number of nitrogen functional groups attached to an aromatic ring is 1. The van der Waals surface area contributed by atoms with Gasteiger partial charge in [0.2, 0.25) is 0 Å². The van der Waals surface area contributed by atoms with Gasteiger partial charge >= 0.3 is 0 Å². The zero-order valence-electron chi connectivity index (χ0n) is 19.3. The molecule has 0 aliphatic rings. The van der Waals surface area contributed by atoms with Crippen molar-refractivity contribution in [1.82, 2.24) is 19.5 Å². The van der Waals surface area contributed by atoms with Crippen LogP contribution in [-0.4, -0.2) is 31.7 Å². The Morgan fingerprint density at radius 1 is 1.11 bits per heavy atom. The molecule has 5 rings (SSSR count). The van der Waals surface area contributed by atoms with Crippen molar-refractivity contribution in [3.05, 3.63) is 77.9 Å². The number of rotatable bonds is 6. The van der Waals surface area contributed by atoms with Gasteiger partial charge in [-0.15, -0.1) is 0 Å². The van der Waals surface area contributed by atoms with E-state index in [-0.39, 0.29) is 22.7 Å². The lowest BCUT2D eigenvalue weighted by atomic mass is 10.0. The Bertz CT molecular complexity index is 1670. The summed E-state index contributed by atoms with van der Waals surface area (Å²) in [5.74, 6) is -0.570. The van der Waals surface area contributed by atoms with E-state index in [9.17, 15) is 4.39 Å². The van der Waals surface area contributed by atoms with E-state index in [4.69, 9.17) is 21.9 Å². The van der Waals surface area contributed by atoms with E-state index in [1.807, 2.05) is 11.5 Å². The standard InChI is InChI=1S/C26H22F2N8/c1-2-4-21-35-24-17(25(30)34-13-29)11-14(15-7-9-33-26(31)22(15)28)12-20(24)36(21)19-8-10-32-23-16(19)5-3-6-18(23)27/h3,5-13H,2,4H2,1H3,(H2,31,33)(H3,29,30,34). The third-order valence-corrected chi connectivity index (χ3v) is 5.95. The number of aromatic nitrogens is 4. The number of benzene rings is 2. The van der Waals surface area contributed by atoms with Crippen molar-refractivity contribution in [3.8, 4) is 16.8 Å². The first-order chi connectivity index (χ1) is 17.4. The molecule has 36 heavy (non-hydrogen) atoms. The number of hydrogen-bond acceptors (Lipinski definition) is 5. The fourth-order valence-electron chi connectivity index (χ4n) is 4.38. The molecule has 0 aliphatic heterocycles. The highest BCUT2D eigenvalue weighted by Crippen LogP contribution is 2.34. The molecule has 2 aromatic carbocycles. The number of nitrogens with one attached hydrogen (secondary N) is 1. The Kier molecular flexibility index (Phi) is 5.85. The number of nitrogens with two attached hydrogens (primary N) is 2. The molecule has 0 fully saturated rings. The molecule has 3 heterocycles. The van der Waals surface area contributed by atoms with Gasteiger partial charge in [-0.1, -0.05) is 19.1 Å². The molecule has 0 aliphatic carbocycles. The molecule has 0 amide bonds. The van der Waals surface area contributed by atoms with E-state index in [2.05, 4.69) is 15.0 Å². The number of para-hydroxylation sites is 1. The summed E-state index contributed by atoms with van der Waals surface area (Å²) in [7, 11) is 0. The van der Waals surface area contributed by atoms with Gasteiger partial charge in [-0.05, 0) is 42.3 Å². The molecule has 5 N–H and O–H groups in total. The Balaban J connectivity index is 1.93. The molecular formula is C26H22F2N8. The van der Waals surface area contributed by atoms with Crippen LogP contribution in [0.2, 0.25) is 0 Å². The van der Waals surface area contributed by atoms with Crippen LogP contribution < -0.4 is 11.5 Å². The second-order valence-corrected chi connectivity index (χ2v) is 8.17. The third-order valence-electron chi connectivity index (χ3n) is 5.95. The SMILES string of the molecule is CCCc1nc2c(C(N)=NC=N)cc(-c3ccnc(N)c3F)cc2n1-c1ccnc2c(F)cccc12. The van der Waals surface area contributed by atoms with Crippen LogP contribution in [0.25, 0.3) is 38.8 Å². The van der Waals surface area contributed by atoms with E-state index in [1.54, 1.807) is 36.5 Å². The first-order valence-electron chi connectivity index (χ1n) is 11.3. The van der Waals surface area contributed by atoms with Crippen molar-refractivity contribution in [3.63, 3.8) is 0 Å². The summed E-state index contributed by atoms with van der Waals surface area (Å²) in [5, 5.41) is 7.98. The topological polar surface area (TPSA) is 132 Å². The van der Waals surface area contributed by atoms with E-state index in [1.165, 1.54) is 18.3 Å². The number of fused-ring (bicyclic) bond motifs is 2. The minimum absolute atomic E-state index is 0.0533. The quantitative estimate of drug-likeness (QED) is 0.236. The van der Waals surface area contributed by atoms with Gasteiger partial charge < -0.3 is 11.5 Å². The number of hydrogen-bond donors (Lipinski definition) is 3. The van der Waals surface area contributed by atoms with Crippen molar-refractivity contribution in [2.24, 2.45) is 10.7 Å². The van der Waals surface area contributed by atoms with Crippen LogP contribution in [-0.2, 0) is 6.42 Å². The Morgan fingerprint density at radius 3 is 2.69 bits per heavy atom. The van der Waals surface area contributed by atoms with Gasteiger partial charge in [-0.2, -0.15) is 0 Å². The van der Waals surface area contributed by atoms with Gasteiger partial charge in [0.05, 0.1) is 11.2 Å². The number of anilines is 1. The third kappa shape index (κ3) is 3.72. The Labute approximate surface area is 204 Å². The van der Waals surface area contributed by atoms with Crippen molar-refractivity contribution in [2.75, 3.05) is 5.73 Å². The number of nitrogens with zero attached hydrogens (tertiary/aromatic N) is 5. The maximum atomic E-state index is 15.0. The molecule has 0 radical (unpaired) electrons. The van der Waals surface area contributed by atoms with Crippen molar-refractivity contribution < 1.29 is 8.78 Å². The monoisotopic (exact) mass is 484 g/mol. The average Bonchev–Trinajstić information content (AvgIpc) is 3.23. The predicted molar refractivity (Wildman–Crippen MR) is 137 cm³/mol. The van der Waals surface area contributed by atoms with E-state index in [0.717, 1.165) is 12.8 Å². The second kappa shape index (κ2) is 9.14. The molecule has 180 valence electrons. The van der Waals surface area contributed by atoms with Crippen LogP contribution in [0.3, 0.4) is 0 Å². The number of amidine groups is 1. The fourth-order valence-corrected chi connectivity index (χ4v) is 4.38. The molecule has 0 saturated heterocycles. The second-order valence-electron chi connectivity index (χ2n) is 8.17. The number of aryl methyl sites for hydroxylation is 1. The fraction of sp³-hybridized carbons (Fsp3) is 0.115.